The molecule has 1 saturated heterocycles. The van der Waals surface area contributed by atoms with E-state index in [4.69, 9.17) is 4.74 Å². The van der Waals surface area contributed by atoms with Crippen molar-refractivity contribution in [3.05, 3.63) is 89.7 Å². The zero-order valence-corrected chi connectivity index (χ0v) is 16.6. The number of benzene rings is 2. The lowest BCUT2D eigenvalue weighted by molar-refractivity contribution is 0.0250. The van der Waals surface area contributed by atoms with E-state index in [1.165, 1.54) is 29.5 Å². The summed E-state index contributed by atoms with van der Waals surface area (Å²) in [6.07, 6.45) is 6.55. The first-order valence-corrected chi connectivity index (χ1v) is 10.2. The zero-order valence-electron chi connectivity index (χ0n) is 16.6. The third kappa shape index (κ3) is 4.89. The highest BCUT2D eigenvalue weighted by Gasteiger charge is 2.23. The maximum Gasteiger partial charge on any atom is 0.108 e. The maximum absolute atomic E-state index is 6.51. The predicted molar refractivity (Wildman–Crippen MR) is 112 cm³/mol. The Balaban J connectivity index is 1.39. The van der Waals surface area contributed by atoms with E-state index in [0.717, 1.165) is 26.2 Å². The molecule has 0 N–H and O–H groups in total. The van der Waals surface area contributed by atoms with Crippen LogP contribution < -0.4 is 0 Å². The number of aryl methyl sites for hydroxylation is 1. The number of hydrogen-bond donors (Lipinski definition) is 0. The third-order valence-electron chi connectivity index (χ3n) is 5.47. The molecule has 0 saturated carbocycles. The van der Waals surface area contributed by atoms with Gasteiger partial charge < -0.3 is 4.74 Å². The molecular formula is C24H29N3O. The van der Waals surface area contributed by atoms with Gasteiger partial charge in [0.05, 0.1) is 12.8 Å². The summed E-state index contributed by atoms with van der Waals surface area (Å²) in [7, 11) is 1.98. The van der Waals surface area contributed by atoms with Gasteiger partial charge in [0.1, 0.15) is 6.10 Å². The van der Waals surface area contributed by atoms with Gasteiger partial charge in [-0.3, -0.25) is 9.58 Å². The Morgan fingerprint density at radius 2 is 1.71 bits per heavy atom. The van der Waals surface area contributed by atoms with Crippen LogP contribution in [0.15, 0.2) is 73.1 Å². The SMILES string of the molecule is Cn1cc(CN2CCCC(COC(c3ccccc3)c3ccccc3)C2)cn1. The lowest BCUT2D eigenvalue weighted by atomic mass is 9.97. The molecule has 4 heteroatoms. The van der Waals surface area contributed by atoms with Gasteiger partial charge in [0.2, 0.25) is 0 Å². The first-order valence-electron chi connectivity index (χ1n) is 10.2. The standard InChI is InChI=1S/C24H29N3O/c1-26-16-21(15-25-26)18-27-14-8-9-20(17-27)19-28-24(22-10-4-2-5-11-22)23-12-6-3-7-13-23/h2-7,10-13,15-16,20,24H,8-9,14,17-19H2,1H3. The van der Waals surface area contributed by atoms with Crippen LogP contribution in [0.3, 0.4) is 0 Å². The smallest absolute Gasteiger partial charge is 0.108 e. The Kier molecular flexibility index (Phi) is 6.20. The fraction of sp³-hybridized carbons (Fsp3) is 0.375. The molecule has 4 rings (SSSR count). The van der Waals surface area contributed by atoms with Crippen molar-refractivity contribution in [3.63, 3.8) is 0 Å². The Labute approximate surface area is 167 Å². The normalized spacial score (nSPS) is 17.9. The number of rotatable bonds is 7. The molecule has 1 atom stereocenters. The van der Waals surface area contributed by atoms with Crippen LogP contribution in [-0.2, 0) is 18.3 Å². The van der Waals surface area contributed by atoms with E-state index in [-0.39, 0.29) is 6.10 Å². The highest BCUT2D eigenvalue weighted by atomic mass is 16.5. The van der Waals surface area contributed by atoms with Gasteiger partial charge in [-0.1, -0.05) is 60.7 Å². The number of ether oxygens (including phenoxy) is 1. The van der Waals surface area contributed by atoms with Gasteiger partial charge in [-0.05, 0) is 36.4 Å². The summed E-state index contributed by atoms with van der Waals surface area (Å²) in [5, 5.41) is 4.29. The van der Waals surface area contributed by atoms with Gasteiger partial charge in [0.15, 0.2) is 0 Å². The second kappa shape index (κ2) is 9.18. The minimum absolute atomic E-state index is 0.00361. The first-order chi connectivity index (χ1) is 13.8. The molecular weight excluding hydrogens is 346 g/mol. The van der Waals surface area contributed by atoms with E-state index in [9.17, 15) is 0 Å². The maximum atomic E-state index is 6.51. The first kappa shape index (κ1) is 18.9. The van der Waals surface area contributed by atoms with Crippen molar-refractivity contribution in [1.29, 1.82) is 0 Å². The molecule has 0 spiro atoms. The van der Waals surface area contributed by atoms with Crippen LogP contribution in [0.1, 0.15) is 35.6 Å². The van der Waals surface area contributed by atoms with Crippen LogP contribution >= 0.6 is 0 Å². The van der Waals surface area contributed by atoms with Crippen molar-refractivity contribution in [3.8, 4) is 0 Å². The van der Waals surface area contributed by atoms with Gasteiger partial charge >= 0.3 is 0 Å². The van der Waals surface area contributed by atoms with Crippen LogP contribution in [0.2, 0.25) is 0 Å². The molecule has 0 bridgehead atoms. The minimum Gasteiger partial charge on any atom is -0.368 e. The molecule has 2 aromatic carbocycles. The Morgan fingerprint density at radius 1 is 1.04 bits per heavy atom. The molecule has 28 heavy (non-hydrogen) atoms. The molecule has 3 aromatic rings. The summed E-state index contributed by atoms with van der Waals surface area (Å²) >= 11 is 0. The van der Waals surface area contributed by atoms with E-state index in [2.05, 4.69) is 76.9 Å². The summed E-state index contributed by atoms with van der Waals surface area (Å²) in [6.45, 7) is 4.01. The average Bonchev–Trinajstić information content (AvgIpc) is 3.15. The largest absolute Gasteiger partial charge is 0.368 e. The third-order valence-corrected chi connectivity index (χ3v) is 5.47. The zero-order chi connectivity index (χ0) is 19.2. The molecule has 0 amide bonds. The second-order valence-electron chi connectivity index (χ2n) is 7.80. The van der Waals surface area contributed by atoms with Crippen LogP contribution in [0, 0.1) is 5.92 Å². The van der Waals surface area contributed by atoms with E-state index in [0.29, 0.717) is 5.92 Å². The summed E-state index contributed by atoms with van der Waals surface area (Å²) in [4.78, 5) is 2.54. The molecule has 146 valence electrons. The van der Waals surface area contributed by atoms with Crippen LogP contribution in [0.25, 0.3) is 0 Å². The Bertz CT molecular complexity index is 807. The summed E-state index contributed by atoms with van der Waals surface area (Å²) in [6, 6.07) is 21.1. The fourth-order valence-corrected chi connectivity index (χ4v) is 4.12. The Morgan fingerprint density at radius 3 is 2.32 bits per heavy atom. The van der Waals surface area contributed by atoms with Gasteiger partial charge in [0.25, 0.3) is 0 Å². The van der Waals surface area contributed by atoms with Crippen molar-refractivity contribution in [2.24, 2.45) is 13.0 Å². The summed E-state index contributed by atoms with van der Waals surface area (Å²) in [5.74, 6) is 0.570. The number of nitrogens with zero attached hydrogens (tertiary/aromatic N) is 3. The minimum atomic E-state index is -0.00361. The summed E-state index contributed by atoms with van der Waals surface area (Å²) < 4.78 is 8.39. The molecule has 1 fully saturated rings. The Hall–Kier alpha value is -2.43. The van der Waals surface area contributed by atoms with Gasteiger partial charge in [-0.2, -0.15) is 5.10 Å². The van der Waals surface area contributed by atoms with Crippen molar-refractivity contribution in [1.82, 2.24) is 14.7 Å². The highest BCUT2D eigenvalue weighted by molar-refractivity contribution is 5.29. The van der Waals surface area contributed by atoms with Crippen LogP contribution in [0.4, 0.5) is 0 Å². The fourth-order valence-electron chi connectivity index (χ4n) is 4.12. The number of piperidine rings is 1. The lowest BCUT2D eigenvalue weighted by Crippen LogP contribution is -2.36. The quantitative estimate of drug-likeness (QED) is 0.612. The predicted octanol–water partition coefficient (Wildman–Crippen LogP) is 4.44. The number of likely N-dealkylation sites (tertiary alicyclic amines) is 1. The molecule has 1 unspecified atom stereocenters. The van der Waals surface area contributed by atoms with E-state index in [1.807, 2.05) is 17.9 Å². The van der Waals surface area contributed by atoms with Crippen molar-refractivity contribution in [2.75, 3.05) is 19.7 Å². The van der Waals surface area contributed by atoms with Crippen molar-refractivity contribution >= 4 is 0 Å². The molecule has 1 aliphatic heterocycles. The molecule has 1 aromatic heterocycles. The topological polar surface area (TPSA) is 30.3 Å². The van der Waals surface area contributed by atoms with Gasteiger partial charge in [0, 0.05) is 31.9 Å². The monoisotopic (exact) mass is 375 g/mol. The molecule has 2 heterocycles. The summed E-state index contributed by atoms with van der Waals surface area (Å²) in [5.41, 5.74) is 3.73. The van der Waals surface area contributed by atoms with E-state index >= 15 is 0 Å². The van der Waals surface area contributed by atoms with E-state index < -0.39 is 0 Å². The lowest BCUT2D eigenvalue weighted by Gasteiger charge is -2.33. The number of hydrogen-bond acceptors (Lipinski definition) is 3. The number of aromatic nitrogens is 2. The second-order valence-corrected chi connectivity index (χ2v) is 7.80. The van der Waals surface area contributed by atoms with Crippen molar-refractivity contribution in [2.45, 2.75) is 25.5 Å². The van der Waals surface area contributed by atoms with Gasteiger partial charge in [-0.15, -0.1) is 0 Å². The molecule has 1 aliphatic rings. The van der Waals surface area contributed by atoms with Crippen LogP contribution in [-0.4, -0.2) is 34.4 Å². The van der Waals surface area contributed by atoms with Crippen LogP contribution in [0.5, 0.6) is 0 Å². The molecule has 0 aliphatic carbocycles. The highest BCUT2D eigenvalue weighted by Crippen LogP contribution is 2.28. The average molecular weight is 376 g/mol. The molecule has 4 nitrogen and oxygen atoms in total. The van der Waals surface area contributed by atoms with Gasteiger partial charge in [-0.25, -0.2) is 0 Å². The van der Waals surface area contributed by atoms with Crippen molar-refractivity contribution < 1.29 is 4.74 Å². The van der Waals surface area contributed by atoms with E-state index in [1.54, 1.807) is 0 Å². The molecule has 0 radical (unpaired) electrons.